The molecule has 0 spiro atoms. The van der Waals surface area contributed by atoms with Crippen LogP contribution >= 0.6 is 0 Å². The van der Waals surface area contributed by atoms with Crippen LogP contribution in [-0.2, 0) is 6.54 Å². The molecule has 1 aromatic rings. The van der Waals surface area contributed by atoms with Crippen LogP contribution in [0.25, 0.3) is 0 Å². The highest BCUT2D eigenvalue weighted by molar-refractivity contribution is 5.46. The van der Waals surface area contributed by atoms with Crippen LogP contribution in [0.3, 0.4) is 0 Å². The Bertz CT molecular complexity index is 359. The van der Waals surface area contributed by atoms with Crippen molar-refractivity contribution in [3.63, 3.8) is 0 Å². The van der Waals surface area contributed by atoms with Crippen LogP contribution in [0.15, 0.2) is 18.2 Å². The Kier molecular flexibility index (Phi) is 4.26. The predicted octanol–water partition coefficient (Wildman–Crippen LogP) is 2.74. The molecule has 0 atom stereocenters. The standard InChI is InChI=1S/C14H21NO2/c1-16-13-9-5-6-11(14(13)17-2)10-15-12-7-3-4-8-12/h5-6,9,12,15H,3-4,7-8,10H2,1-2H3. The van der Waals surface area contributed by atoms with Crippen LogP contribution in [0.2, 0.25) is 0 Å². The van der Waals surface area contributed by atoms with Gasteiger partial charge in [-0.05, 0) is 18.9 Å². The summed E-state index contributed by atoms with van der Waals surface area (Å²) in [5, 5.41) is 3.59. The number of hydrogen-bond acceptors (Lipinski definition) is 3. The van der Waals surface area contributed by atoms with Crippen molar-refractivity contribution in [3.8, 4) is 11.5 Å². The molecule has 2 rings (SSSR count). The number of methoxy groups -OCH3 is 2. The summed E-state index contributed by atoms with van der Waals surface area (Å²) in [5.74, 6) is 1.65. The van der Waals surface area contributed by atoms with Crippen LogP contribution in [-0.4, -0.2) is 20.3 Å². The molecule has 1 fully saturated rings. The average Bonchev–Trinajstić information content (AvgIpc) is 2.88. The number of benzene rings is 1. The first-order valence-electron chi connectivity index (χ1n) is 6.28. The number of ether oxygens (including phenoxy) is 2. The van der Waals surface area contributed by atoms with Crippen LogP contribution in [0, 0.1) is 0 Å². The molecule has 17 heavy (non-hydrogen) atoms. The van der Waals surface area contributed by atoms with Crippen LogP contribution < -0.4 is 14.8 Å². The second kappa shape index (κ2) is 5.92. The van der Waals surface area contributed by atoms with E-state index in [4.69, 9.17) is 9.47 Å². The fraction of sp³-hybridized carbons (Fsp3) is 0.571. The van der Waals surface area contributed by atoms with Crippen molar-refractivity contribution in [3.05, 3.63) is 23.8 Å². The molecule has 0 heterocycles. The number of hydrogen-bond donors (Lipinski definition) is 1. The Labute approximate surface area is 103 Å². The molecule has 0 radical (unpaired) electrons. The first kappa shape index (κ1) is 12.2. The van der Waals surface area contributed by atoms with E-state index >= 15 is 0 Å². The minimum Gasteiger partial charge on any atom is -0.493 e. The van der Waals surface area contributed by atoms with E-state index in [0.29, 0.717) is 6.04 Å². The van der Waals surface area contributed by atoms with Gasteiger partial charge in [-0.3, -0.25) is 0 Å². The van der Waals surface area contributed by atoms with Crippen molar-refractivity contribution in [2.24, 2.45) is 0 Å². The third-order valence-corrected chi connectivity index (χ3v) is 3.42. The van der Waals surface area contributed by atoms with E-state index in [2.05, 4.69) is 11.4 Å². The summed E-state index contributed by atoms with van der Waals surface area (Å²) in [5.41, 5.74) is 1.17. The zero-order valence-corrected chi connectivity index (χ0v) is 10.7. The van der Waals surface area contributed by atoms with E-state index in [9.17, 15) is 0 Å². The molecule has 3 nitrogen and oxygen atoms in total. The molecular weight excluding hydrogens is 214 g/mol. The number of nitrogens with one attached hydrogen (secondary N) is 1. The van der Waals surface area contributed by atoms with Gasteiger partial charge in [0.05, 0.1) is 14.2 Å². The average molecular weight is 235 g/mol. The smallest absolute Gasteiger partial charge is 0.165 e. The topological polar surface area (TPSA) is 30.5 Å². The monoisotopic (exact) mass is 235 g/mol. The molecule has 1 N–H and O–H groups in total. The molecular formula is C14H21NO2. The quantitative estimate of drug-likeness (QED) is 0.851. The van der Waals surface area contributed by atoms with E-state index in [-0.39, 0.29) is 0 Å². The van der Waals surface area contributed by atoms with E-state index in [1.807, 2.05) is 12.1 Å². The lowest BCUT2D eigenvalue weighted by Crippen LogP contribution is -2.25. The molecule has 0 saturated heterocycles. The summed E-state index contributed by atoms with van der Waals surface area (Å²) in [6.07, 6.45) is 5.30. The van der Waals surface area contributed by atoms with Crippen molar-refractivity contribution in [2.75, 3.05) is 14.2 Å². The summed E-state index contributed by atoms with van der Waals surface area (Å²) < 4.78 is 10.7. The third kappa shape index (κ3) is 2.91. The molecule has 1 saturated carbocycles. The Morgan fingerprint density at radius 2 is 1.94 bits per heavy atom. The van der Waals surface area contributed by atoms with Gasteiger partial charge in [0.25, 0.3) is 0 Å². The maximum atomic E-state index is 5.42. The van der Waals surface area contributed by atoms with Gasteiger partial charge < -0.3 is 14.8 Å². The molecule has 0 amide bonds. The fourth-order valence-electron chi connectivity index (χ4n) is 2.48. The predicted molar refractivity (Wildman–Crippen MR) is 68.6 cm³/mol. The van der Waals surface area contributed by atoms with E-state index < -0.39 is 0 Å². The van der Waals surface area contributed by atoms with Crippen molar-refractivity contribution >= 4 is 0 Å². The van der Waals surface area contributed by atoms with Gasteiger partial charge in [0.2, 0.25) is 0 Å². The molecule has 0 unspecified atom stereocenters. The van der Waals surface area contributed by atoms with Gasteiger partial charge in [0, 0.05) is 18.2 Å². The lowest BCUT2D eigenvalue weighted by atomic mass is 10.1. The summed E-state index contributed by atoms with van der Waals surface area (Å²) in [6.45, 7) is 0.852. The number of para-hydroxylation sites is 1. The van der Waals surface area contributed by atoms with Gasteiger partial charge in [-0.1, -0.05) is 25.0 Å². The SMILES string of the molecule is COc1cccc(CNC2CCCC2)c1OC. The largest absolute Gasteiger partial charge is 0.493 e. The van der Waals surface area contributed by atoms with E-state index in [1.54, 1.807) is 14.2 Å². The summed E-state index contributed by atoms with van der Waals surface area (Å²) in [7, 11) is 3.36. The van der Waals surface area contributed by atoms with Gasteiger partial charge in [0.15, 0.2) is 11.5 Å². The van der Waals surface area contributed by atoms with Gasteiger partial charge in [-0.25, -0.2) is 0 Å². The molecule has 0 aliphatic heterocycles. The van der Waals surface area contributed by atoms with Crippen molar-refractivity contribution in [1.82, 2.24) is 5.32 Å². The summed E-state index contributed by atoms with van der Waals surface area (Å²) in [6, 6.07) is 6.69. The second-order valence-corrected chi connectivity index (χ2v) is 4.51. The van der Waals surface area contributed by atoms with Gasteiger partial charge >= 0.3 is 0 Å². The Morgan fingerprint density at radius 3 is 2.59 bits per heavy atom. The van der Waals surface area contributed by atoms with Gasteiger partial charge in [-0.2, -0.15) is 0 Å². The van der Waals surface area contributed by atoms with E-state index in [0.717, 1.165) is 18.0 Å². The molecule has 1 aliphatic carbocycles. The van der Waals surface area contributed by atoms with Gasteiger partial charge in [0.1, 0.15) is 0 Å². The molecule has 1 aromatic carbocycles. The van der Waals surface area contributed by atoms with Crippen LogP contribution in [0.4, 0.5) is 0 Å². The van der Waals surface area contributed by atoms with Crippen LogP contribution in [0.5, 0.6) is 11.5 Å². The minimum atomic E-state index is 0.672. The molecule has 0 aromatic heterocycles. The zero-order chi connectivity index (χ0) is 12.1. The first-order valence-corrected chi connectivity index (χ1v) is 6.28. The highest BCUT2D eigenvalue weighted by Crippen LogP contribution is 2.30. The zero-order valence-electron chi connectivity index (χ0n) is 10.7. The molecule has 0 bridgehead atoms. The number of rotatable bonds is 5. The fourth-order valence-corrected chi connectivity index (χ4v) is 2.48. The highest BCUT2D eigenvalue weighted by atomic mass is 16.5. The normalized spacial score (nSPS) is 16.1. The minimum absolute atomic E-state index is 0.672. The lowest BCUT2D eigenvalue weighted by molar-refractivity contribution is 0.349. The molecule has 94 valence electrons. The Morgan fingerprint density at radius 1 is 1.18 bits per heavy atom. The van der Waals surface area contributed by atoms with Crippen molar-refractivity contribution in [1.29, 1.82) is 0 Å². The Hall–Kier alpha value is -1.22. The maximum absolute atomic E-state index is 5.42. The first-order chi connectivity index (χ1) is 8.35. The highest BCUT2D eigenvalue weighted by Gasteiger charge is 2.15. The van der Waals surface area contributed by atoms with Gasteiger partial charge in [-0.15, -0.1) is 0 Å². The second-order valence-electron chi connectivity index (χ2n) is 4.51. The maximum Gasteiger partial charge on any atom is 0.165 e. The third-order valence-electron chi connectivity index (χ3n) is 3.42. The van der Waals surface area contributed by atoms with Crippen molar-refractivity contribution in [2.45, 2.75) is 38.3 Å². The van der Waals surface area contributed by atoms with Crippen molar-refractivity contribution < 1.29 is 9.47 Å². The molecule has 1 aliphatic rings. The summed E-state index contributed by atoms with van der Waals surface area (Å²) >= 11 is 0. The Balaban J connectivity index is 2.03. The molecule has 3 heteroatoms. The van der Waals surface area contributed by atoms with Crippen LogP contribution in [0.1, 0.15) is 31.2 Å². The van der Waals surface area contributed by atoms with E-state index in [1.165, 1.54) is 31.2 Å². The lowest BCUT2D eigenvalue weighted by Gasteiger charge is -2.15. The summed E-state index contributed by atoms with van der Waals surface area (Å²) in [4.78, 5) is 0.